The Hall–Kier alpha value is -1.12. The number of hydrogen-bond donors (Lipinski definition) is 0. The van der Waals surface area contributed by atoms with Crippen molar-refractivity contribution in [3.05, 3.63) is 11.1 Å². The van der Waals surface area contributed by atoms with E-state index in [1.165, 1.54) is 0 Å². The fourth-order valence-electron chi connectivity index (χ4n) is 0.756. The molecule has 3 nitrogen and oxygen atoms in total. The molecule has 0 aliphatic carbocycles. The second kappa shape index (κ2) is 4.80. The van der Waals surface area contributed by atoms with Crippen LogP contribution in [0.25, 0.3) is 0 Å². The molecule has 0 saturated carbocycles. The molecule has 0 rings (SSSR count). The first-order chi connectivity index (χ1) is 5.91. The Kier molecular flexibility index (Phi) is 4.38. The molecule has 3 heteroatoms. The number of allylic oxidation sites excluding steroid dienone is 1. The predicted molar refractivity (Wildman–Crippen MR) is 52.3 cm³/mol. The molecule has 0 N–H and O–H groups in total. The van der Waals surface area contributed by atoms with Gasteiger partial charge in [-0.05, 0) is 33.3 Å². The van der Waals surface area contributed by atoms with Gasteiger partial charge in [-0.1, -0.05) is 0 Å². The van der Waals surface area contributed by atoms with Crippen molar-refractivity contribution < 1.29 is 9.59 Å². The number of rotatable bonds is 3. The molecule has 0 aromatic rings. The highest BCUT2D eigenvalue weighted by atomic mass is 16.2. The van der Waals surface area contributed by atoms with Crippen molar-refractivity contribution in [2.45, 2.75) is 33.7 Å². The number of likely N-dealkylation sites (N-methyl/N-ethyl adjacent to an activating group) is 1. The molecule has 74 valence electrons. The van der Waals surface area contributed by atoms with Gasteiger partial charge in [0, 0.05) is 18.7 Å². The fourth-order valence-corrected chi connectivity index (χ4v) is 0.756. The van der Waals surface area contributed by atoms with E-state index in [1.54, 1.807) is 25.8 Å². The van der Waals surface area contributed by atoms with Crippen LogP contribution >= 0.6 is 0 Å². The van der Waals surface area contributed by atoms with Crippen LogP contribution in [0.4, 0.5) is 0 Å². The second-order valence-corrected chi connectivity index (χ2v) is 3.44. The van der Waals surface area contributed by atoms with Gasteiger partial charge in [-0.2, -0.15) is 0 Å². The lowest BCUT2D eigenvalue weighted by Crippen LogP contribution is -2.33. The first kappa shape index (κ1) is 11.9. The van der Waals surface area contributed by atoms with Crippen LogP contribution in [0, 0.1) is 0 Å². The van der Waals surface area contributed by atoms with Crippen molar-refractivity contribution in [3.63, 3.8) is 0 Å². The van der Waals surface area contributed by atoms with Gasteiger partial charge in [0.05, 0.1) is 0 Å². The predicted octanol–water partition coefficient (Wildman–Crippen LogP) is 1.39. The van der Waals surface area contributed by atoms with E-state index in [4.69, 9.17) is 0 Å². The van der Waals surface area contributed by atoms with E-state index in [9.17, 15) is 9.59 Å². The van der Waals surface area contributed by atoms with E-state index in [0.29, 0.717) is 17.4 Å². The Morgan fingerprint density at radius 2 is 1.77 bits per heavy atom. The molecule has 0 spiro atoms. The average Bonchev–Trinajstić information content (AvgIpc) is 2.12. The van der Waals surface area contributed by atoms with E-state index in [1.807, 2.05) is 13.8 Å². The Balaban J connectivity index is 4.71. The topological polar surface area (TPSA) is 37.4 Å². The van der Waals surface area contributed by atoms with Crippen molar-refractivity contribution in [2.24, 2.45) is 0 Å². The third kappa shape index (κ3) is 3.01. The van der Waals surface area contributed by atoms with Gasteiger partial charge in [-0.25, -0.2) is 0 Å². The Labute approximate surface area is 79.4 Å². The largest absolute Gasteiger partial charge is 0.340 e. The maximum Gasteiger partial charge on any atom is 0.249 e. The smallest absolute Gasteiger partial charge is 0.249 e. The molecule has 0 heterocycles. The van der Waals surface area contributed by atoms with E-state index < -0.39 is 0 Å². The zero-order valence-electron chi connectivity index (χ0n) is 8.92. The zero-order chi connectivity index (χ0) is 10.6. The van der Waals surface area contributed by atoms with Gasteiger partial charge in [-0.15, -0.1) is 0 Å². The van der Waals surface area contributed by atoms with E-state index in [0.717, 1.165) is 0 Å². The molecule has 0 atom stereocenters. The summed E-state index contributed by atoms with van der Waals surface area (Å²) in [5, 5.41) is 0. The molecule has 0 fully saturated rings. The Morgan fingerprint density at radius 3 is 2.08 bits per heavy atom. The minimum Gasteiger partial charge on any atom is -0.340 e. The average molecular weight is 183 g/mol. The summed E-state index contributed by atoms with van der Waals surface area (Å²) in [5.74, 6) is -0.0837. The van der Waals surface area contributed by atoms with Crippen LogP contribution in [0.1, 0.15) is 27.7 Å². The summed E-state index contributed by atoms with van der Waals surface area (Å²) in [5.41, 5.74) is 1.02. The lowest BCUT2D eigenvalue weighted by atomic mass is 10.1. The summed E-state index contributed by atoms with van der Waals surface area (Å²) in [6.45, 7) is 7.18. The van der Waals surface area contributed by atoms with Gasteiger partial charge in [-0.3, -0.25) is 9.59 Å². The monoisotopic (exact) mass is 183 g/mol. The lowest BCUT2D eigenvalue weighted by Gasteiger charge is -2.22. The number of hydrogen-bond acceptors (Lipinski definition) is 2. The molecule has 0 aliphatic heterocycles. The number of amides is 1. The number of carbonyl (C=O) groups is 2. The first-order valence-corrected chi connectivity index (χ1v) is 4.31. The number of nitrogens with zero attached hydrogens (tertiary/aromatic N) is 1. The van der Waals surface area contributed by atoms with Gasteiger partial charge in [0.15, 0.2) is 0 Å². The van der Waals surface area contributed by atoms with Crippen molar-refractivity contribution in [3.8, 4) is 0 Å². The van der Waals surface area contributed by atoms with Crippen LogP contribution in [-0.4, -0.2) is 30.2 Å². The van der Waals surface area contributed by atoms with Gasteiger partial charge < -0.3 is 4.90 Å². The van der Waals surface area contributed by atoms with Gasteiger partial charge in [0.25, 0.3) is 0 Å². The molecular formula is C10H17NO2. The third-order valence-electron chi connectivity index (χ3n) is 2.18. The van der Waals surface area contributed by atoms with Crippen LogP contribution in [0.2, 0.25) is 0 Å². The third-order valence-corrected chi connectivity index (χ3v) is 2.18. The highest BCUT2D eigenvalue weighted by Gasteiger charge is 2.14. The van der Waals surface area contributed by atoms with Gasteiger partial charge in [0.2, 0.25) is 5.91 Å². The first-order valence-electron chi connectivity index (χ1n) is 4.31. The summed E-state index contributed by atoms with van der Waals surface area (Å²) < 4.78 is 0. The maximum atomic E-state index is 11.6. The summed E-state index contributed by atoms with van der Waals surface area (Å²) >= 11 is 0. The van der Waals surface area contributed by atoms with Crippen LogP contribution in [0.3, 0.4) is 0 Å². The van der Waals surface area contributed by atoms with Gasteiger partial charge in [0.1, 0.15) is 6.29 Å². The quantitative estimate of drug-likeness (QED) is 0.490. The van der Waals surface area contributed by atoms with E-state index in [-0.39, 0.29) is 11.9 Å². The van der Waals surface area contributed by atoms with E-state index in [2.05, 4.69) is 0 Å². The minimum absolute atomic E-state index is 0.0837. The second-order valence-electron chi connectivity index (χ2n) is 3.44. The highest BCUT2D eigenvalue weighted by molar-refractivity contribution is 5.98. The highest BCUT2D eigenvalue weighted by Crippen LogP contribution is 2.06. The molecule has 13 heavy (non-hydrogen) atoms. The standard InChI is InChI=1S/C10H17NO2/c1-7(2)11(5)10(13)9(4)8(3)6-12/h6-7H,1-5H3/b9-8-. The maximum absolute atomic E-state index is 11.6. The van der Waals surface area contributed by atoms with E-state index >= 15 is 0 Å². The van der Waals surface area contributed by atoms with Gasteiger partial charge >= 0.3 is 0 Å². The van der Waals surface area contributed by atoms with Crippen molar-refractivity contribution >= 4 is 12.2 Å². The molecule has 0 aromatic carbocycles. The number of carbonyl (C=O) groups excluding carboxylic acids is 2. The van der Waals surface area contributed by atoms with Crippen LogP contribution < -0.4 is 0 Å². The molecule has 1 amide bonds. The zero-order valence-corrected chi connectivity index (χ0v) is 8.92. The molecule has 0 bridgehead atoms. The van der Waals surface area contributed by atoms with Crippen molar-refractivity contribution in [2.75, 3.05) is 7.05 Å². The van der Waals surface area contributed by atoms with Crippen LogP contribution in [0.15, 0.2) is 11.1 Å². The summed E-state index contributed by atoms with van der Waals surface area (Å²) in [7, 11) is 1.73. The normalized spacial score (nSPS) is 12.5. The molecule has 0 unspecified atom stereocenters. The molecule has 0 aliphatic rings. The molecular weight excluding hydrogens is 166 g/mol. The van der Waals surface area contributed by atoms with Crippen LogP contribution in [0.5, 0.6) is 0 Å². The van der Waals surface area contributed by atoms with Crippen molar-refractivity contribution in [1.29, 1.82) is 0 Å². The molecule has 0 radical (unpaired) electrons. The number of aldehydes is 1. The Bertz CT molecular complexity index is 241. The minimum atomic E-state index is -0.0837. The SMILES string of the molecule is C/C(C=O)=C(\C)C(=O)N(C)C(C)C. The Morgan fingerprint density at radius 1 is 1.31 bits per heavy atom. The molecule has 0 aromatic heterocycles. The summed E-state index contributed by atoms with van der Waals surface area (Å²) in [6, 6.07) is 0.155. The molecule has 0 saturated heterocycles. The summed E-state index contributed by atoms with van der Waals surface area (Å²) in [4.78, 5) is 23.6. The van der Waals surface area contributed by atoms with Crippen molar-refractivity contribution in [1.82, 2.24) is 4.90 Å². The summed E-state index contributed by atoms with van der Waals surface area (Å²) in [6.07, 6.45) is 0.710. The fraction of sp³-hybridized carbons (Fsp3) is 0.600. The lowest BCUT2D eigenvalue weighted by molar-refractivity contribution is -0.127. The van der Waals surface area contributed by atoms with Crippen LogP contribution in [-0.2, 0) is 9.59 Å².